The average Bonchev–Trinajstić information content (AvgIpc) is 2.58. The van der Waals surface area contributed by atoms with Gasteiger partial charge in [0, 0.05) is 45.9 Å². The van der Waals surface area contributed by atoms with Crippen molar-refractivity contribution >= 4 is 29.9 Å². The maximum absolute atomic E-state index is 5.76. The van der Waals surface area contributed by atoms with Crippen molar-refractivity contribution in [3.63, 3.8) is 0 Å². The molecule has 2 aliphatic heterocycles. The first-order valence-electron chi connectivity index (χ1n) is 10.5. The molecular formula is C20H41IN4O. The minimum absolute atomic E-state index is 0. The second-order valence-corrected chi connectivity index (χ2v) is 7.94. The Balaban J connectivity index is 0.00000338. The van der Waals surface area contributed by atoms with E-state index in [-0.39, 0.29) is 24.0 Å². The molecule has 2 heterocycles. The van der Waals surface area contributed by atoms with E-state index in [0.717, 1.165) is 69.8 Å². The maximum Gasteiger partial charge on any atom is 0.193 e. The molecule has 0 bridgehead atoms. The zero-order chi connectivity index (χ0) is 18.1. The fourth-order valence-electron chi connectivity index (χ4n) is 4.35. The third-order valence-corrected chi connectivity index (χ3v) is 5.32. The van der Waals surface area contributed by atoms with Gasteiger partial charge in [-0.1, -0.05) is 13.8 Å². The first-order valence-corrected chi connectivity index (χ1v) is 10.5. The molecule has 0 aromatic rings. The lowest BCUT2D eigenvalue weighted by atomic mass is 9.92. The number of guanidine groups is 1. The standard InChI is InChI=1S/C20H40N4O.HI/c1-5-21-20(24-12-8-19(9-13-24)25-6-2)22-10-7-11-23-15-17(3)14-18(4)16-23;/h17-19H,5-16H2,1-4H3,(H,21,22);1H. The summed E-state index contributed by atoms with van der Waals surface area (Å²) in [7, 11) is 0. The van der Waals surface area contributed by atoms with Crippen LogP contribution in [-0.2, 0) is 4.74 Å². The first-order chi connectivity index (χ1) is 12.1. The summed E-state index contributed by atoms with van der Waals surface area (Å²) in [6.07, 6.45) is 5.21. The Morgan fingerprint density at radius 1 is 1.12 bits per heavy atom. The predicted molar refractivity (Wildman–Crippen MR) is 122 cm³/mol. The highest BCUT2D eigenvalue weighted by Gasteiger charge is 2.22. The Morgan fingerprint density at radius 3 is 2.35 bits per heavy atom. The third kappa shape index (κ3) is 8.30. The molecule has 2 saturated heterocycles. The molecule has 2 fully saturated rings. The number of rotatable bonds is 7. The van der Waals surface area contributed by atoms with Gasteiger partial charge in [-0.2, -0.15) is 0 Å². The fourth-order valence-corrected chi connectivity index (χ4v) is 4.35. The van der Waals surface area contributed by atoms with Crippen LogP contribution in [0.25, 0.3) is 0 Å². The number of nitrogens with one attached hydrogen (secondary N) is 1. The number of nitrogens with zero attached hydrogens (tertiary/aromatic N) is 3. The van der Waals surface area contributed by atoms with Gasteiger partial charge in [0.1, 0.15) is 0 Å². The van der Waals surface area contributed by atoms with Crippen molar-refractivity contribution < 1.29 is 4.74 Å². The average molecular weight is 480 g/mol. The number of aliphatic imine (C=N–C) groups is 1. The van der Waals surface area contributed by atoms with Crippen LogP contribution in [0.4, 0.5) is 0 Å². The van der Waals surface area contributed by atoms with Crippen LogP contribution in [0.5, 0.6) is 0 Å². The van der Waals surface area contributed by atoms with E-state index >= 15 is 0 Å². The summed E-state index contributed by atoms with van der Waals surface area (Å²) in [6.45, 7) is 17.5. The largest absolute Gasteiger partial charge is 0.378 e. The second-order valence-electron chi connectivity index (χ2n) is 7.94. The molecule has 1 N–H and O–H groups in total. The van der Waals surface area contributed by atoms with Crippen LogP contribution in [0.3, 0.4) is 0 Å². The van der Waals surface area contributed by atoms with E-state index in [2.05, 4.69) is 42.8 Å². The van der Waals surface area contributed by atoms with Crippen molar-refractivity contribution in [2.75, 3.05) is 52.4 Å². The molecule has 0 spiro atoms. The van der Waals surface area contributed by atoms with Crippen molar-refractivity contribution in [2.45, 2.75) is 59.5 Å². The summed E-state index contributed by atoms with van der Waals surface area (Å²) >= 11 is 0. The molecule has 6 heteroatoms. The van der Waals surface area contributed by atoms with E-state index in [1.54, 1.807) is 0 Å². The zero-order valence-electron chi connectivity index (χ0n) is 17.4. The van der Waals surface area contributed by atoms with Crippen molar-refractivity contribution in [3.05, 3.63) is 0 Å². The van der Waals surface area contributed by atoms with Gasteiger partial charge in [-0.3, -0.25) is 4.99 Å². The number of piperidine rings is 2. The van der Waals surface area contributed by atoms with Gasteiger partial charge in [0.05, 0.1) is 6.10 Å². The smallest absolute Gasteiger partial charge is 0.193 e. The quantitative estimate of drug-likeness (QED) is 0.262. The Morgan fingerprint density at radius 2 is 1.77 bits per heavy atom. The highest BCUT2D eigenvalue weighted by molar-refractivity contribution is 14.0. The van der Waals surface area contributed by atoms with Crippen LogP contribution in [0, 0.1) is 11.8 Å². The second kappa shape index (κ2) is 13.2. The minimum Gasteiger partial charge on any atom is -0.378 e. The Kier molecular flexibility index (Phi) is 12.1. The molecule has 26 heavy (non-hydrogen) atoms. The van der Waals surface area contributed by atoms with Gasteiger partial charge >= 0.3 is 0 Å². The van der Waals surface area contributed by atoms with Gasteiger partial charge in [0.2, 0.25) is 0 Å². The Labute approximate surface area is 178 Å². The van der Waals surface area contributed by atoms with E-state index < -0.39 is 0 Å². The molecular weight excluding hydrogens is 439 g/mol. The Hall–Kier alpha value is -0.0800. The lowest BCUT2D eigenvalue weighted by Crippen LogP contribution is -2.47. The van der Waals surface area contributed by atoms with Crippen molar-refractivity contribution in [3.8, 4) is 0 Å². The predicted octanol–water partition coefficient (Wildman–Crippen LogP) is 3.44. The van der Waals surface area contributed by atoms with Crippen molar-refractivity contribution in [1.82, 2.24) is 15.1 Å². The van der Waals surface area contributed by atoms with Gasteiger partial charge in [0.25, 0.3) is 0 Å². The van der Waals surface area contributed by atoms with Crippen LogP contribution in [0.15, 0.2) is 4.99 Å². The van der Waals surface area contributed by atoms with Gasteiger partial charge < -0.3 is 19.9 Å². The first kappa shape index (κ1) is 24.0. The van der Waals surface area contributed by atoms with Crippen LogP contribution in [0.1, 0.15) is 53.4 Å². The molecule has 2 atom stereocenters. The number of likely N-dealkylation sites (tertiary alicyclic amines) is 2. The van der Waals surface area contributed by atoms with E-state index in [1.807, 2.05) is 0 Å². The molecule has 2 rings (SSSR count). The summed E-state index contributed by atoms with van der Waals surface area (Å²) in [4.78, 5) is 9.94. The summed E-state index contributed by atoms with van der Waals surface area (Å²) in [6, 6.07) is 0. The fraction of sp³-hybridized carbons (Fsp3) is 0.950. The molecule has 2 unspecified atom stereocenters. The number of ether oxygens (including phenoxy) is 1. The summed E-state index contributed by atoms with van der Waals surface area (Å²) in [5.74, 6) is 2.78. The van der Waals surface area contributed by atoms with Gasteiger partial charge in [0.15, 0.2) is 5.96 Å². The Bertz CT molecular complexity index is 389. The summed E-state index contributed by atoms with van der Waals surface area (Å²) in [5.41, 5.74) is 0. The van der Waals surface area contributed by atoms with Crippen molar-refractivity contribution in [2.24, 2.45) is 16.8 Å². The molecule has 0 aliphatic carbocycles. The van der Waals surface area contributed by atoms with Crippen LogP contribution in [0.2, 0.25) is 0 Å². The third-order valence-electron chi connectivity index (χ3n) is 5.32. The van der Waals surface area contributed by atoms with Crippen LogP contribution >= 0.6 is 24.0 Å². The lowest BCUT2D eigenvalue weighted by Gasteiger charge is -2.35. The molecule has 0 amide bonds. The van der Waals surface area contributed by atoms with E-state index in [0.29, 0.717) is 6.10 Å². The highest BCUT2D eigenvalue weighted by Crippen LogP contribution is 2.20. The minimum atomic E-state index is 0. The van der Waals surface area contributed by atoms with E-state index in [4.69, 9.17) is 9.73 Å². The summed E-state index contributed by atoms with van der Waals surface area (Å²) in [5, 5.41) is 3.47. The van der Waals surface area contributed by atoms with Gasteiger partial charge in [-0.05, 0) is 57.9 Å². The molecule has 0 saturated carbocycles. The maximum atomic E-state index is 5.76. The normalized spacial score (nSPS) is 25.8. The van der Waals surface area contributed by atoms with Gasteiger partial charge in [-0.25, -0.2) is 0 Å². The molecule has 154 valence electrons. The van der Waals surface area contributed by atoms with Crippen molar-refractivity contribution in [1.29, 1.82) is 0 Å². The lowest BCUT2D eigenvalue weighted by molar-refractivity contribution is 0.0263. The number of halogens is 1. The number of hydrogen-bond acceptors (Lipinski definition) is 3. The summed E-state index contributed by atoms with van der Waals surface area (Å²) < 4.78 is 5.76. The molecule has 0 radical (unpaired) electrons. The van der Waals surface area contributed by atoms with Gasteiger partial charge in [-0.15, -0.1) is 24.0 Å². The monoisotopic (exact) mass is 480 g/mol. The van der Waals surface area contributed by atoms with Crippen LogP contribution < -0.4 is 5.32 Å². The SMILES string of the molecule is CCNC(=NCCCN1CC(C)CC(C)C1)N1CCC(OCC)CC1.I. The van der Waals surface area contributed by atoms with Crippen LogP contribution in [-0.4, -0.2) is 74.3 Å². The van der Waals surface area contributed by atoms with E-state index in [1.165, 1.54) is 26.1 Å². The highest BCUT2D eigenvalue weighted by atomic mass is 127. The topological polar surface area (TPSA) is 40.1 Å². The number of hydrogen-bond donors (Lipinski definition) is 1. The molecule has 0 aromatic heterocycles. The zero-order valence-corrected chi connectivity index (χ0v) is 19.7. The van der Waals surface area contributed by atoms with E-state index in [9.17, 15) is 0 Å². The molecule has 2 aliphatic rings. The molecule has 0 aromatic carbocycles. The molecule has 5 nitrogen and oxygen atoms in total.